The van der Waals surface area contributed by atoms with Gasteiger partial charge in [-0.05, 0) is 12.5 Å². The van der Waals surface area contributed by atoms with Gasteiger partial charge in [0.25, 0.3) is 0 Å². The first-order chi connectivity index (χ1) is 11.8. The Morgan fingerprint density at radius 3 is 2.16 bits per heavy atom. The van der Waals surface area contributed by atoms with Gasteiger partial charge in [-0.2, -0.15) is 0 Å². The van der Waals surface area contributed by atoms with Gasteiger partial charge in [-0.1, -0.05) is 51.1 Å². The second kappa shape index (κ2) is 8.48. The molecule has 0 bridgehead atoms. The van der Waals surface area contributed by atoms with E-state index in [0.29, 0.717) is 32.7 Å². The highest BCUT2D eigenvalue weighted by Gasteiger charge is 2.30. The summed E-state index contributed by atoms with van der Waals surface area (Å²) in [5.41, 5.74) is 0.811. The lowest BCUT2D eigenvalue weighted by Gasteiger charge is -2.38. The molecule has 1 aromatic rings. The topological polar surface area (TPSA) is 43.9 Å². The monoisotopic (exact) mass is 345 g/mol. The van der Waals surface area contributed by atoms with Gasteiger partial charge in [0.15, 0.2) is 0 Å². The number of piperazine rings is 1. The highest BCUT2D eigenvalue weighted by Crippen LogP contribution is 2.18. The van der Waals surface area contributed by atoms with Crippen LogP contribution in [0.15, 0.2) is 30.3 Å². The Morgan fingerprint density at radius 2 is 1.64 bits per heavy atom. The van der Waals surface area contributed by atoms with Gasteiger partial charge >= 0.3 is 0 Å². The van der Waals surface area contributed by atoms with Gasteiger partial charge in [-0.3, -0.25) is 14.5 Å². The summed E-state index contributed by atoms with van der Waals surface area (Å²) in [5.74, 6) is 0.347. The Labute approximate surface area is 151 Å². The molecule has 0 saturated carbocycles. The summed E-state index contributed by atoms with van der Waals surface area (Å²) in [6.45, 7) is 12.6. The Kier molecular flexibility index (Phi) is 6.59. The van der Waals surface area contributed by atoms with Crippen LogP contribution in [0.5, 0.6) is 0 Å². The van der Waals surface area contributed by atoms with E-state index < -0.39 is 0 Å². The quantitative estimate of drug-likeness (QED) is 0.822. The molecule has 5 heteroatoms. The summed E-state index contributed by atoms with van der Waals surface area (Å²) in [6, 6.07) is 10.1. The number of carbonyl (C=O) groups is 2. The molecule has 0 aliphatic carbocycles. The zero-order chi connectivity index (χ0) is 18.4. The number of hydrogen-bond acceptors (Lipinski definition) is 3. The molecule has 25 heavy (non-hydrogen) atoms. The van der Waals surface area contributed by atoms with Crippen LogP contribution in [0.2, 0.25) is 0 Å². The van der Waals surface area contributed by atoms with Gasteiger partial charge in [0.2, 0.25) is 11.8 Å². The predicted molar refractivity (Wildman–Crippen MR) is 100 cm³/mol. The fourth-order valence-corrected chi connectivity index (χ4v) is 3.05. The first-order valence-electron chi connectivity index (χ1n) is 9.14. The first kappa shape index (κ1) is 19.4. The lowest BCUT2D eigenvalue weighted by molar-refractivity contribution is -0.141. The molecule has 0 unspecified atom stereocenters. The maximum Gasteiger partial charge on any atom is 0.237 e. The van der Waals surface area contributed by atoms with Crippen molar-refractivity contribution in [3.8, 4) is 0 Å². The first-order valence-corrected chi connectivity index (χ1v) is 9.14. The number of hydrogen-bond donors (Lipinski definition) is 0. The van der Waals surface area contributed by atoms with Gasteiger partial charge in [-0.15, -0.1) is 0 Å². The van der Waals surface area contributed by atoms with E-state index in [4.69, 9.17) is 0 Å². The van der Waals surface area contributed by atoms with Crippen LogP contribution in [-0.2, 0) is 16.1 Å². The maximum absolute atomic E-state index is 12.6. The molecular weight excluding hydrogens is 314 g/mol. The molecule has 0 radical (unpaired) electrons. The molecule has 1 aliphatic heterocycles. The molecule has 0 N–H and O–H groups in total. The molecule has 1 fully saturated rings. The SMILES string of the molecule is CCN(Cc1ccccc1)C(=O)CN1CCN(C(=O)C(C)(C)C)CC1. The minimum Gasteiger partial charge on any atom is -0.340 e. The number of nitrogens with zero attached hydrogens (tertiary/aromatic N) is 3. The summed E-state index contributed by atoms with van der Waals surface area (Å²) < 4.78 is 0. The number of amides is 2. The molecule has 1 heterocycles. The molecule has 0 spiro atoms. The average molecular weight is 345 g/mol. The number of rotatable bonds is 5. The highest BCUT2D eigenvalue weighted by molar-refractivity contribution is 5.81. The molecule has 1 saturated heterocycles. The third-order valence-electron chi connectivity index (χ3n) is 4.61. The van der Waals surface area contributed by atoms with Crippen molar-refractivity contribution in [2.75, 3.05) is 39.3 Å². The molecule has 5 nitrogen and oxygen atoms in total. The second-order valence-corrected chi connectivity index (χ2v) is 7.71. The molecule has 2 amide bonds. The van der Waals surface area contributed by atoms with Gasteiger partial charge < -0.3 is 9.80 Å². The minimum atomic E-state index is -0.341. The van der Waals surface area contributed by atoms with Gasteiger partial charge in [0.1, 0.15) is 0 Å². The van der Waals surface area contributed by atoms with E-state index in [1.807, 2.05) is 67.8 Å². The van der Waals surface area contributed by atoms with Crippen LogP contribution in [0, 0.1) is 5.41 Å². The zero-order valence-corrected chi connectivity index (χ0v) is 16.0. The van der Waals surface area contributed by atoms with Crippen LogP contribution >= 0.6 is 0 Å². The zero-order valence-electron chi connectivity index (χ0n) is 16.0. The van der Waals surface area contributed by atoms with E-state index >= 15 is 0 Å². The van der Waals surface area contributed by atoms with Crippen LogP contribution < -0.4 is 0 Å². The average Bonchev–Trinajstić information content (AvgIpc) is 2.59. The van der Waals surface area contributed by atoms with Crippen molar-refractivity contribution in [1.29, 1.82) is 0 Å². The summed E-state index contributed by atoms with van der Waals surface area (Å²) in [6.07, 6.45) is 0. The highest BCUT2D eigenvalue weighted by atomic mass is 16.2. The molecule has 2 rings (SSSR count). The van der Waals surface area contributed by atoms with E-state index in [2.05, 4.69) is 4.90 Å². The predicted octanol–water partition coefficient (Wildman–Crippen LogP) is 2.23. The molecule has 1 aromatic carbocycles. The van der Waals surface area contributed by atoms with Crippen molar-refractivity contribution in [2.24, 2.45) is 5.41 Å². The molecule has 0 atom stereocenters. The third kappa shape index (κ3) is 5.56. The Morgan fingerprint density at radius 1 is 1.04 bits per heavy atom. The smallest absolute Gasteiger partial charge is 0.237 e. The third-order valence-corrected chi connectivity index (χ3v) is 4.61. The van der Waals surface area contributed by atoms with E-state index in [9.17, 15) is 9.59 Å². The fraction of sp³-hybridized carbons (Fsp3) is 0.600. The van der Waals surface area contributed by atoms with Crippen LogP contribution in [0.1, 0.15) is 33.3 Å². The molecule has 138 valence electrons. The van der Waals surface area contributed by atoms with E-state index in [1.54, 1.807) is 0 Å². The van der Waals surface area contributed by atoms with Crippen molar-refractivity contribution < 1.29 is 9.59 Å². The van der Waals surface area contributed by atoms with Gasteiger partial charge in [-0.25, -0.2) is 0 Å². The Bertz CT molecular complexity index is 572. The fourth-order valence-electron chi connectivity index (χ4n) is 3.05. The van der Waals surface area contributed by atoms with Crippen molar-refractivity contribution in [2.45, 2.75) is 34.2 Å². The van der Waals surface area contributed by atoms with Crippen molar-refractivity contribution in [3.63, 3.8) is 0 Å². The van der Waals surface area contributed by atoms with Crippen LogP contribution in [-0.4, -0.2) is 65.8 Å². The molecular formula is C20H31N3O2. The normalized spacial score (nSPS) is 15.9. The molecule has 0 aromatic heterocycles. The standard InChI is InChI=1S/C20H31N3O2/c1-5-22(15-17-9-7-6-8-10-17)18(24)16-21-11-13-23(14-12-21)19(25)20(2,3)4/h6-10H,5,11-16H2,1-4H3. The minimum absolute atomic E-state index is 0.155. The van der Waals surface area contributed by atoms with Crippen LogP contribution in [0.3, 0.4) is 0 Å². The van der Waals surface area contributed by atoms with Gasteiger partial charge in [0, 0.05) is 44.7 Å². The lowest BCUT2D eigenvalue weighted by atomic mass is 9.94. The van der Waals surface area contributed by atoms with Crippen LogP contribution in [0.4, 0.5) is 0 Å². The van der Waals surface area contributed by atoms with Crippen molar-refractivity contribution in [1.82, 2.24) is 14.7 Å². The summed E-state index contributed by atoms with van der Waals surface area (Å²) in [7, 11) is 0. The van der Waals surface area contributed by atoms with E-state index in [0.717, 1.165) is 18.7 Å². The van der Waals surface area contributed by atoms with Crippen molar-refractivity contribution in [3.05, 3.63) is 35.9 Å². The number of benzene rings is 1. The van der Waals surface area contributed by atoms with Crippen molar-refractivity contribution >= 4 is 11.8 Å². The Hall–Kier alpha value is -1.88. The Balaban J connectivity index is 1.84. The van der Waals surface area contributed by atoms with E-state index in [1.165, 1.54) is 0 Å². The summed E-state index contributed by atoms with van der Waals surface area (Å²) in [4.78, 5) is 30.9. The number of likely N-dealkylation sites (N-methyl/N-ethyl adjacent to an activating group) is 1. The summed E-state index contributed by atoms with van der Waals surface area (Å²) >= 11 is 0. The summed E-state index contributed by atoms with van der Waals surface area (Å²) in [5, 5.41) is 0. The lowest BCUT2D eigenvalue weighted by Crippen LogP contribution is -2.53. The molecule has 1 aliphatic rings. The second-order valence-electron chi connectivity index (χ2n) is 7.71. The van der Waals surface area contributed by atoms with Crippen LogP contribution in [0.25, 0.3) is 0 Å². The largest absolute Gasteiger partial charge is 0.340 e. The van der Waals surface area contributed by atoms with E-state index in [-0.39, 0.29) is 17.2 Å². The maximum atomic E-state index is 12.6. The van der Waals surface area contributed by atoms with Gasteiger partial charge in [0.05, 0.1) is 6.54 Å². The number of carbonyl (C=O) groups excluding carboxylic acids is 2.